The summed E-state index contributed by atoms with van der Waals surface area (Å²) in [6, 6.07) is 0. The van der Waals surface area contributed by atoms with Gasteiger partial charge < -0.3 is 39.0 Å². The topological polar surface area (TPSA) is 175 Å². The number of carbonyl (C=O) groups excluding carboxylic acids is 3. The van der Waals surface area contributed by atoms with E-state index in [9.17, 15) is 34.5 Å². The van der Waals surface area contributed by atoms with Gasteiger partial charge >= 0.3 is 23.9 Å². The fourth-order valence-corrected chi connectivity index (χ4v) is 8.55. The predicted octanol–water partition coefficient (Wildman–Crippen LogP) is 14.8. The van der Waals surface area contributed by atoms with E-state index in [-0.39, 0.29) is 25.9 Å². The van der Waals surface area contributed by atoms with E-state index in [1.807, 2.05) is 0 Å². The molecule has 420 valence electrons. The Labute approximate surface area is 443 Å². The normalized spacial score (nSPS) is 18.7. The van der Waals surface area contributed by atoms with Crippen LogP contribution in [0.5, 0.6) is 0 Å². The molecule has 6 atom stereocenters. The first-order valence-electron chi connectivity index (χ1n) is 29.3. The molecule has 1 heterocycles. The van der Waals surface area contributed by atoms with Crippen molar-refractivity contribution >= 4 is 23.9 Å². The van der Waals surface area contributed by atoms with Gasteiger partial charge in [-0.25, -0.2) is 4.79 Å². The molecule has 0 aromatic carbocycles. The summed E-state index contributed by atoms with van der Waals surface area (Å²) in [6.45, 7) is 5.83. The molecule has 1 rings (SSSR count). The summed E-state index contributed by atoms with van der Waals surface area (Å²) >= 11 is 0. The number of carboxylic acid groups (broad SMARTS) is 1. The minimum atomic E-state index is -1.91. The van der Waals surface area contributed by atoms with E-state index < -0.39 is 67.3 Å². The summed E-state index contributed by atoms with van der Waals surface area (Å²) < 4.78 is 28.4. The van der Waals surface area contributed by atoms with Crippen LogP contribution < -0.4 is 0 Å². The van der Waals surface area contributed by atoms with Crippen molar-refractivity contribution in [2.45, 2.75) is 289 Å². The summed E-state index contributed by atoms with van der Waals surface area (Å²) in [4.78, 5) is 51.0. The zero-order valence-electron chi connectivity index (χ0n) is 46.1. The molecule has 0 saturated carbocycles. The smallest absolute Gasteiger partial charge is 0.335 e. The van der Waals surface area contributed by atoms with Gasteiger partial charge in [0.05, 0.1) is 6.61 Å². The Hall–Kier alpha value is -3.58. The van der Waals surface area contributed by atoms with E-state index in [4.69, 9.17) is 23.7 Å². The third-order valence-electron chi connectivity index (χ3n) is 13.0. The highest BCUT2D eigenvalue weighted by molar-refractivity contribution is 5.74. The molecule has 73 heavy (non-hydrogen) atoms. The van der Waals surface area contributed by atoms with E-state index in [0.717, 1.165) is 103 Å². The van der Waals surface area contributed by atoms with Crippen LogP contribution >= 0.6 is 0 Å². The molecule has 0 spiro atoms. The van der Waals surface area contributed by atoms with Gasteiger partial charge in [-0.3, -0.25) is 14.4 Å². The van der Waals surface area contributed by atoms with Gasteiger partial charge in [0.15, 0.2) is 24.6 Å². The Kier molecular flexibility index (Phi) is 45.5. The van der Waals surface area contributed by atoms with E-state index in [2.05, 4.69) is 81.5 Å². The van der Waals surface area contributed by atoms with Crippen LogP contribution in [-0.2, 0) is 42.9 Å². The van der Waals surface area contributed by atoms with Crippen LogP contribution in [0.1, 0.15) is 252 Å². The molecule has 1 aliphatic heterocycles. The number of hydrogen-bond acceptors (Lipinski definition) is 11. The molecule has 0 amide bonds. The van der Waals surface area contributed by atoms with Gasteiger partial charge in [-0.1, -0.05) is 191 Å². The molecule has 12 nitrogen and oxygen atoms in total. The van der Waals surface area contributed by atoms with Crippen molar-refractivity contribution in [3.8, 4) is 0 Å². The monoisotopic (exact) mass is 1030 g/mol. The van der Waals surface area contributed by atoms with Crippen molar-refractivity contribution < 1.29 is 58.2 Å². The van der Waals surface area contributed by atoms with E-state index >= 15 is 0 Å². The molecule has 0 aromatic rings. The lowest BCUT2D eigenvalue weighted by Gasteiger charge is -2.40. The molecule has 0 bridgehead atoms. The molecule has 3 N–H and O–H groups in total. The van der Waals surface area contributed by atoms with Crippen LogP contribution in [-0.4, -0.2) is 89.2 Å². The second-order valence-corrected chi connectivity index (χ2v) is 19.9. The van der Waals surface area contributed by atoms with Crippen LogP contribution in [0, 0.1) is 0 Å². The molecule has 1 aliphatic rings. The van der Waals surface area contributed by atoms with Crippen molar-refractivity contribution in [2.75, 3.05) is 13.2 Å². The van der Waals surface area contributed by atoms with Crippen molar-refractivity contribution in [3.63, 3.8) is 0 Å². The van der Waals surface area contributed by atoms with Gasteiger partial charge in [-0.15, -0.1) is 0 Å². The molecular weight excluding hydrogens is 925 g/mol. The molecule has 1 saturated heterocycles. The highest BCUT2D eigenvalue weighted by Gasteiger charge is 2.50. The van der Waals surface area contributed by atoms with Gasteiger partial charge in [0.1, 0.15) is 18.8 Å². The quantitative estimate of drug-likeness (QED) is 0.0228. The molecule has 6 unspecified atom stereocenters. The van der Waals surface area contributed by atoms with Gasteiger partial charge in [0.2, 0.25) is 0 Å². The second kappa shape index (κ2) is 49.3. The van der Waals surface area contributed by atoms with Crippen molar-refractivity contribution in [2.24, 2.45) is 0 Å². The highest BCUT2D eigenvalue weighted by atomic mass is 16.7. The van der Waals surface area contributed by atoms with Gasteiger partial charge in [-0.2, -0.15) is 0 Å². The minimum Gasteiger partial charge on any atom is -0.479 e. The number of allylic oxidation sites excluding steroid dienone is 10. The van der Waals surface area contributed by atoms with Gasteiger partial charge in [0.25, 0.3) is 0 Å². The SMILES string of the molecule is CC/C=C\C/C=C\C/C=C\CCCCCC(=O)OC1C(OCC(COC(=O)CCCCCCCCC/C=C\CCCCCCCC)OC(=O)CCCCCCC/C=C\CCCCCC)OC(C(=O)O)C(O)C1O. The maximum absolute atomic E-state index is 13.1. The summed E-state index contributed by atoms with van der Waals surface area (Å²) in [5, 5.41) is 31.4. The van der Waals surface area contributed by atoms with Gasteiger partial charge in [0, 0.05) is 19.3 Å². The lowest BCUT2D eigenvalue weighted by atomic mass is 9.98. The Morgan fingerprint density at radius 3 is 1.36 bits per heavy atom. The number of hydrogen-bond donors (Lipinski definition) is 3. The predicted molar refractivity (Wildman–Crippen MR) is 294 cm³/mol. The number of rotatable bonds is 49. The first-order valence-corrected chi connectivity index (χ1v) is 29.3. The van der Waals surface area contributed by atoms with Crippen LogP contribution in [0.3, 0.4) is 0 Å². The van der Waals surface area contributed by atoms with Crippen LogP contribution in [0.2, 0.25) is 0 Å². The van der Waals surface area contributed by atoms with Crippen molar-refractivity contribution in [1.29, 1.82) is 0 Å². The van der Waals surface area contributed by atoms with Crippen LogP contribution in [0.15, 0.2) is 60.8 Å². The molecule has 12 heteroatoms. The lowest BCUT2D eigenvalue weighted by Crippen LogP contribution is -2.61. The highest BCUT2D eigenvalue weighted by Crippen LogP contribution is 2.26. The molecule has 1 fully saturated rings. The Bertz CT molecular complexity index is 1500. The number of aliphatic hydroxyl groups excluding tert-OH is 2. The number of aliphatic hydroxyl groups is 2. The second-order valence-electron chi connectivity index (χ2n) is 19.9. The third kappa shape index (κ3) is 39.5. The summed E-state index contributed by atoms with van der Waals surface area (Å²) in [6.07, 6.45) is 47.7. The first kappa shape index (κ1) is 67.4. The average molecular weight is 1030 g/mol. The minimum absolute atomic E-state index is 0.0236. The van der Waals surface area contributed by atoms with E-state index in [0.29, 0.717) is 19.3 Å². The number of unbranched alkanes of at least 4 members (excludes halogenated alkanes) is 25. The maximum atomic E-state index is 13.1. The number of aliphatic carboxylic acids is 1. The third-order valence-corrected chi connectivity index (χ3v) is 13.0. The zero-order valence-corrected chi connectivity index (χ0v) is 46.1. The Morgan fingerprint density at radius 1 is 0.466 bits per heavy atom. The van der Waals surface area contributed by atoms with Gasteiger partial charge in [-0.05, 0) is 103 Å². The number of carboxylic acids is 1. The first-order chi connectivity index (χ1) is 35.6. The van der Waals surface area contributed by atoms with Crippen LogP contribution in [0.4, 0.5) is 0 Å². The maximum Gasteiger partial charge on any atom is 0.335 e. The lowest BCUT2D eigenvalue weighted by molar-refractivity contribution is -0.301. The Morgan fingerprint density at radius 2 is 0.863 bits per heavy atom. The zero-order chi connectivity index (χ0) is 53.3. The molecule has 0 aliphatic carbocycles. The fourth-order valence-electron chi connectivity index (χ4n) is 8.55. The summed E-state index contributed by atoms with van der Waals surface area (Å²) in [5.74, 6) is -3.17. The molecule has 0 aromatic heterocycles. The number of carbonyl (C=O) groups is 4. The fraction of sp³-hybridized carbons (Fsp3) is 0.770. The molecule has 0 radical (unpaired) electrons. The standard InChI is InChI=1S/C61H104O12/c1-4-7-10-13-16-19-22-25-26-27-28-31-32-35-38-41-44-47-53(62)69-50-52(71-54(63)48-45-42-39-36-33-29-23-20-17-14-11-8-5-2)51-70-61-59(57(66)56(65)58(73-61)60(67)68)72-55(64)49-46-43-40-37-34-30-24-21-18-15-12-9-6-3/h9,12,18,20-21,23,25-26,30,34,52,56-59,61,65-66H,4-8,10-11,13-17,19,22,24,27-29,31-33,35-51H2,1-3H3,(H,67,68)/b12-9-,21-18-,23-20-,26-25-,34-30-. The number of ether oxygens (including phenoxy) is 5. The van der Waals surface area contributed by atoms with E-state index in [1.54, 1.807) is 0 Å². The number of esters is 3. The van der Waals surface area contributed by atoms with Crippen molar-refractivity contribution in [3.05, 3.63) is 60.8 Å². The summed E-state index contributed by atoms with van der Waals surface area (Å²) in [5.41, 5.74) is 0. The van der Waals surface area contributed by atoms with Crippen LogP contribution in [0.25, 0.3) is 0 Å². The largest absolute Gasteiger partial charge is 0.479 e. The average Bonchev–Trinajstić information content (AvgIpc) is 3.37. The van der Waals surface area contributed by atoms with Crippen molar-refractivity contribution in [1.82, 2.24) is 0 Å². The Balaban J connectivity index is 2.71. The summed E-state index contributed by atoms with van der Waals surface area (Å²) in [7, 11) is 0. The van der Waals surface area contributed by atoms with E-state index in [1.165, 1.54) is 89.9 Å². The molecular formula is C61H104O12.